The van der Waals surface area contributed by atoms with E-state index in [0.717, 1.165) is 11.1 Å². The molecule has 0 spiro atoms. The van der Waals surface area contributed by atoms with Crippen molar-refractivity contribution < 1.29 is 18.7 Å². The molecule has 31 heavy (non-hydrogen) atoms. The van der Waals surface area contributed by atoms with Gasteiger partial charge < -0.3 is 15.4 Å². The van der Waals surface area contributed by atoms with E-state index in [2.05, 4.69) is 24.5 Å². The van der Waals surface area contributed by atoms with Gasteiger partial charge in [-0.25, -0.2) is 4.39 Å². The van der Waals surface area contributed by atoms with Crippen LogP contribution in [0.2, 0.25) is 0 Å². The third-order valence-corrected chi connectivity index (χ3v) is 4.66. The number of hydrogen-bond donors (Lipinski definition) is 2. The first-order valence-corrected chi connectivity index (χ1v) is 10.0. The topological polar surface area (TPSA) is 67.4 Å². The third-order valence-electron chi connectivity index (χ3n) is 4.66. The summed E-state index contributed by atoms with van der Waals surface area (Å²) >= 11 is 0. The van der Waals surface area contributed by atoms with Crippen molar-refractivity contribution in [3.8, 4) is 5.75 Å². The van der Waals surface area contributed by atoms with Crippen LogP contribution in [0, 0.1) is 12.7 Å². The Labute approximate surface area is 181 Å². The van der Waals surface area contributed by atoms with E-state index >= 15 is 0 Å². The van der Waals surface area contributed by atoms with Gasteiger partial charge in [-0.05, 0) is 72.5 Å². The summed E-state index contributed by atoms with van der Waals surface area (Å²) in [5.74, 6) is -0.101. The molecule has 6 heteroatoms. The van der Waals surface area contributed by atoms with Crippen molar-refractivity contribution in [2.45, 2.75) is 26.7 Å². The first kappa shape index (κ1) is 22.0. The molecule has 0 bridgehead atoms. The second kappa shape index (κ2) is 9.89. The molecule has 0 aliphatic heterocycles. The number of carbonyl (C=O) groups is 2. The van der Waals surface area contributed by atoms with Crippen molar-refractivity contribution in [2.24, 2.45) is 0 Å². The lowest BCUT2D eigenvalue weighted by molar-refractivity contribution is -0.118. The smallest absolute Gasteiger partial charge is 0.262 e. The Kier molecular flexibility index (Phi) is 7.03. The van der Waals surface area contributed by atoms with Crippen LogP contribution in [-0.2, 0) is 4.79 Å². The summed E-state index contributed by atoms with van der Waals surface area (Å²) in [7, 11) is 0. The maximum absolute atomic E-state index is 13.0. The van der Waals surface area contributed by atoms with Gasteiger partial charge in [0, 0.05) is 16.9 Å². The van der Waals surface area contributed by atoms with Crippen LogP contribution >= 0.6 is 0 Å². The molecule has 0 aromatic heterocycles. The molecule has 2 amide bonds. The number of benzene rings is 3. The van der Waals surface area contributed by atoms with Crippen LogP contribution in [0.25, 0.3) is 0 Å². The fraction of sp³-hybridized carbons (Fsp3) is 0.200. The zero-order chi connectivity index (χ0) is 22.4. The van der Waals surface area contributed by atoms with Crippen molar-refractivity contribution in [3.63, 3.8) is 0 Å². The zero-order valence-electron chi connectivity index (χ0n) is 17.7. The van der Waals surface area contributed by atoms with Crippen LogP contribution in [-0.4, -0.2) is 18.4 Å². The molecule has 0 saturated heterocycles. The molecule has 3 rings (SSSR count). The fourth-order valence-corrected chi connectivity index (χ4v) is 3.06. The van der Waals surface area contributed by atoms with Gasteiger partial charge >= 0.3 is 0 Å². The van der Waals surface area contributed by atoms with Crippen molar-refractivity contribution in [1.82, 2.24) is 0 Å². The molecular weight excluding hydrogens is 395 g/mol. The third kappa shape index (κ3) is 6.15. The maximum atomic E-state index is 13.0. The second-order valence-electron chi connectivity index (χ2n) is 7.57. The van der Waals surface area contributed by atoms with Gasteiger partial charge in [0.15, 0.2) is 6.61 Å². The van der Waals surface area contributed by atoms with Gasteiger partial charge in [0.25, 0.3) is 11.8 Å². The summed E-state index contributed by atoms with van der Waals surface area (Å²) in [6.45, 7) is 5.97. The van der Waals surface area contributed by atoms with Crippen molar-refractivity contribution in [3.05, 3.63) is 89.2 Å². The average molecular weight is 420 g/mol. The second-order valence-corrected chi connectivity index (χ2v) is 7.57. The molecule has 0 radical (unpaired) electrons. The number of nitrogens with one attached hydrogen (secondary N) is 2. The standard InChI is InChI=1S/C25H25FN2O3/c1-16(2)22-12-7-17(3)13-23(22)31-15-24(29)27-21-6-4-5-18(14-21)25(30)28-20-10-8-19(26)9-11-20/h4-14,16H,15H2,1-3H3,(H,27,29)(H,28,30). The minimum atomic E-state index is -0.379. The van der Waals surface area contributed by atoms with E-state index in [0.29, 0.717) is 22.7 Å². The lowest BCUT2D eigenvalue weighted by atomic mass is 10.0. The predicted molar refractivity (Wildman–Crippen MR) is 120 cm³/mol. The zero-order valence-corrected chi connectivity index (χ0v) is 17.7. The fourth-order valence-electron chi connectivity index (χ4n) is 3.06. The van der Waals surface area contributed by atoms with Gasteiger partial charge in [0.2, 0.25) is 0 Å². The molecule has 0 fully saturated rings. The molecule has 0 aliphatic carbocycles. The first-order chi connectivity index (χ1) is 14.8. The quantitative estimate of drug-likeness (QED) is 0.528. The average Bonchev–Trinajstić information content (AvgIpc) is 2.74. The Morgan fingerprint density at radius 1 is 0.935 bits per heavy atom. The molecule has 0 heterocycles. The molecule has 3 aromatic carbocycles. The Hall–Kier alpha value is -3.67. The van der Waals surface area contributed by atoms with Gasteiger partial charge in [-0.1, -0.05) is 32.0 Å². The molecule has 160 valence electrons. The number of hydrogen-bond acceptors (Lipinski definition) is 3. The van der Waals surface area contributed by atoms with E-state index in [1.54, 1.807) is 24.3 Å². The number of amides is 2. The highest BCUT2D eigenvalue weighted by Gasteiger charge is 2.12. The largest absolute Gasteiger partial charge is 0.483 e. The molecular formula is C25H25FN2O3. The number of rotatable bonds is 7. The summed E-state index contributed by atoms with van der Waals surface area (Å²) in [5, 5.41) is 5.44. The molecule has 0 unspecified atom stereocenters. The Bertz CT molecular complexity index is 1080. The molecule has 0 atom stereocenters. The Balaban J connectivity index is 1.61. The molecule has 2 N–H and O–H groups in total. The minimum Gasteiger partial charge on any atom is -0.483 e. The van der Waals surface area contributed by atoms with Crippen LogP contribution in [0.4, 0.5) is 15.8 Å². The normalized spacial score (nSPS) is 10.6. The van der Waals surface area contributed by atoms with Crippen LogP contribution in [0.5, 0.6) is 5.75 Å². The van der Waals surface area contributed by atoms with Gasteiger partial charge in [-0.3, -0.25) is 9.59 Å². The number of aryl methyl sites for hydroxylation is 1. The summed E-state index contributed by atoms with van der Waals surface area (Å²) < 4.78 is 18.8. The molecule has 0 aliphatic rings. The van der Waals surface area contributed by atoms with Crippen molar-refractivity contribution in [1.29, 1.82) is 0 Å². The van der Waals surface area contributed by atoms with Crippen molar-refractivity contribution in [2.75, 3.05) is 17.2 Å². The lowest BCUT2D eigenvalue weighted by Gasteiger charge is -2.15. The van der Waals surface area contributed by atoms with Crippen LogP contribution < -0.4 is 15.4 Å². The van der Waals surface area contributed by atoms with E-state index in [9.17, 15) is 14.0 Å². The number of anilines is 2. The summed E-state index contributed by atoms with van der Waals surface area (Å²) in [6.07, 6.45) is 0. The molecule has 0 saturated carbocycles. The lowest BCUT2D eigenvalue weighted by Crippen LogP contribution is -2.21. The van der Waals surface area contributed by atoms with Crippen LogP contribution in [0.1, 0.15) is 41.3 Å². The monoisotopic (exact) mass is 420 g/mol. The highest BCUT2D eigenvalue weighted by atomic mass is 19.1. The molecule has 3 aromatic rings. The van der Waals surface area contributed by atoms with Gasteiger partial charge in [0.1, 0.15) is 11.6 Å². The molecule has 5 nitrogen and oxygen atoms in total. The summed E-state index contributed by atoms with van der Waals surface area (Å²) in [5.41, 5.74) is 3.42. The van der Waals surface area contributed by atoms with Gasteiger partial charge in [-0.15, -0.1) is 0 Å². The number of halogens is 1. The number of carbonyl (C=O) groups excluding carboxylic acids is 2. The maximum Gasteiger partial charge on any atom is 0.262 e. The van der Waals surface area contributed by atoms with Crippen LogP contribution in [0.3, 0.4) is 0 Å². The highest BCUT2D eigenvalue weighted by Crippen LogP contribution is 2.27. The van der Waals surface area contributed by atoms with E-state index in [4.69, 9.17) is 4.74 Å². The van der Waals surface area contributed by atoms with Gasteiger partial charge in [-0.2, -0.15) is 0 Å². The Morgan fingerprint density at radius 3 is 2.39 bits per heavy atom. The van der Waals surface area contributed by atoms with E-state index in [-0.39, 0.29) is 30.2 Å². The number of ether oxygens (including phenoxy) is 1. The van der Waals surface area contributed by atoms with E-state index < -0.39 is 0 Å². The Morgan fingerprint density at radius 2 is 1.68 bits per heavy atom. The SMILES string of the molecule is Cc1ccc(C(C)C)c(OCC(=O)Nc2cccc(C(=O)Nc3ccc(F)cc3)c2)c1. The summed E-state index contributed by atoms with van der Waals surface area (Å²) in [6, 6.07) is 18.0. The van der Waals surface area contributed by atoms with Crippen molar-refractivity contribution >= 4 is 23.2 Å². The van der Waals surface area contributed by atoms with E-state index in [1.807, 2.05) is 25.1 Å². The predicted octanol–water partition coefficient (Wildman–Crippen LogP) is 5.53. The first-order valence-electron chi connectivity index (χ1n) is 10.0. The highest BCUT2D eigenvalue weighted by molar-refractivity contribution is 6.05. The minimum absolute atomic E-state index is 0.144. The van der Waals surface area contributed by atoms with E-state index in [1.165, 1.54) is 24.3 Å². The van der Waals surface area contributed by atoms with Gasteiger partial charge in [0.05, 0.1) is 0 Å². The van der Waals surface area contributed by atoms with Crippen LogP contribution in [0.15, 0.2) is 66.7 Å². The summed E-state index contributed by atoms with van der Waals surface area (Å²) in [4.78, 5) is 24.8.